The number of benzene rings is 2. The smallest absolute Gasteiger partial charge is 0.217 e. The lowest BCUT2D eigenvalue weighted by molar-refractivity contribution is -0.119. The van der Waals surface area contributed by atoms with E-state index in [1.54, 1.807) is 18.1 Å². The van der Waals surface area contributed by atoms with E-state index >= 15 is 0 Å². The number of allylic oxidation sites excluding steroid dienone is 3. The van der Waals surface area contributed by atoms with Crippen LogP contribution in [0.2, 0.25) is 0 Å². The summed E-state index contributed by atoms with van der Waals surface area (Å²) in [7, 11) is 0. The van der Waals surface area contributed by atoms with E-state index in [0.29, 0.717) is 5.92 Å². The number of carbonyl (C=O) groups is 1. The fourth-order valence-electron chi connectivity index (χ4n) is 6.54. The molecule has 1 amide bonds. The van der Waals surface area contributed by atoms with E-state index in [0.717, 1.165) is 25.7 Å². The molecule has 0 aliphatic heterocycles. The van der Waals surface area contributed by atoms with Crippen LogP contribution < -0.4 is 5.32 Å². The van der Waals surface area contributed by atoms with Gasteiger partial charge in [-0.15, -0.1) is 0 Å². The van der Waals surface area contributed by atoms with E-state index in [2.05, 4.69) is 79.5 Å². The second-order valence-corrected chi connectivity index (χ2v) is 10.1. The van der Waals surface area contributed by atoms with E-state index < -0.39 is 0 Å². The molecule has 174 valence electrons. The van der Waals surface area contributed by atoms with Crippen LogP contribution in [0.25, 0.3) is 11.1 Å². The van der Waals surface area contributed by atoms with Gasteiger partial charge in [0.15, 0.2) is 0 Å². The quantitative estimate of drug-likeness (QED) is 0.374. The van der Waals surface area contributed by atoms with Crippen molar-refractivity contribution in [3.05, 3.63) is 83.9 Å². The maximum Gasteiger partial charge on any atom is 0.217 e. The molecule has 1 fully saturated rings. The average Bonchev–Trinajstić information content (AvgIpc) is 3.31. The van der Waals surface area contributed by atoms with Gasteiger partial charge in [0, 0.05) is 18.4 Å². The zero-order chi connectivity index (χ0) is 23.3. The Kier molecular flexibility index (Phi) is 7.53. The van der Waals surface area contributed by atoms with Crippen molar-refractivity contribution in [2.75, 3.05) is 0 Å². The van der Waals surface area contributed by atoms with E-state index in [-0.39, 0.29) is 17.4 Å². The van der Waals surface area contributed by atoms with Crippen molar-refractivity contribution in [1.82, 2.24) is 5.32 Å². The van der Waals surface area contributed by atoms with Crippen LogP contribution in [0.1, 0.15) is 82.8 Å². The highest BCUT2D eigenvalue weighted by Crippen LogP contribution is 2.64. The summed E-state index contributed by atoms with van der Waals surface area (Å²) in [5.74, 6) is 0.536. The first-order valence-electron chi connectivity index (χ1n) is 12.8. The van der Waals surface area contributed by atoms with Crippen LogP contribution in [0, 0.1) is 11.3 Å². The number of hydrogen-bond donors (Lipinski definition) is 1. The minimum atomic E-state index is 0.0431. The standard InChI is InChI=1S/C31H39NO/c1-4-5-6-9-18-27-21-28-29(32-24(3)33)19-20-31(28,30(27)26-16-12-8-13-17-26)22-23(2)25-14-10-7-11-15-25/h7-8,10-17,28-29H,2,4-6,9,18-22H2,1,3H3,(H,32,33)/t28?,29-,31-/m0/s1. The van der Waals surface area contributed by atoms with E-state index in [9.17, 15) is 4.79 Å². The van der Waals surface area contributed by atoms with Gasteiger partial charge in [-0.05, 0) is 66.7 Å². The highest BCUT2D eigenvalue weighted by Gasteiger charge is 2.55. The number of hydrogen-bond acceptors (Lipinski definition) is 1. The number of unbranched alkanes of at least 4 members (excludes halogenated alkanes) is 3. The molecule has 2 aliphatic carbocycles. The van der Waals surface area contributed by atoms with Crippen molar-refractivity contribution in [3.63, 3.8) is 0 Å². The van der Waals surface area contributed by atoms with Crippen LogP contribution in [0.15, 0.2) is 72.8 Å². The molecule has 4 rings (SSSR count). The van der Waals surface area contributed by atoms with E-state index in [1.165, 1.54) is 48.8 Å². The summed E-state index contributed by atoms with van der Waals surface area (Å²) >= 11 is 0. The monoisotopic (exact) mass is 441 g/mol. The number of rotatable bonds is 10. The van der Waals surface area contributed by atoms with Gasteiger partial charge in [-0.25, -0.2) is 0 Å². The Morgan fingerprint density at radius 1 is 1.03 bits per heavy atom. The Hall–Kier alpha value is -2.61. The summed E-state index contributed by atoms with van der Waals surface area (Å²) in [6.07, 6.45) is 10.5. The summed E-state index contributed by atoms with van der Waals surface area (Å²) < 4.78 is 0. The van der Waals surface area contributed by atoms with E-state index in [4.69, 9.17) is 0 Å². The molecule has 3 atom stereocenters. The summed E-state index contributed by atoms with van der Waals surface area (Å²) in [5.41, 5.74) is 7.05. The minimum absolute atomic E-state index is 0.0431. The van der Waals surface area contributed by atoms with Crippen LogP contribution in [-0.4, -0.2) is 11.9 Å². The predicted molar refractivity (Wildman–Crippen MR) is 140 cm³/mol. The fraction of sp³-hybridized carbons (Fsp3) is 0.452. The Labute approximate surface area is 200 Å². The fourth-order valence-corrected chi connectivity index (χ4v) is 6.54. The second-order valence-electron chi connectivity index (χ2n) is 10.1. The molecule has 2 nitrogen and oxygen atoms in total. The van der Waals surface area contributed by atoms with Gasteiger partial charge in [0.1, 0.15) is 0 Å². The molecule has 2 aromatic carbocycles. The predicted octanol–water partition coefficient (Wildman–Crippen LogP) is 7.82. The maximum atomic E-state index is 12.1. The summed E-state index contributed by atoms with van der Waals surface area (Å²) in [4.78, 5) is 12.1. The molecule has 33 heavy (non-hydrogen) atoms. The Bertz CT molecular complexity index is 990. The van der Waals surface area contributed by atoms with Crippen LogP contribution in [-0.2, 0) is 4.79 Å². The van der Waals surface area contributed by atoms with Crippen molar-refractivity contribution in [3.8, 4) is 0 Å². The van der Waals surface area contributed by atoms with Crippen molar-refractivity contribution >= 4 is 17.1 Å². The highest BCUT2D eigenvalue weighted by molar-refractivity contribution is 5.80. The van der Waals surface area contributed by atoms with Gasteiger partial charge < -0.3 is 5.32 Å². The third kappa shape index (κ3) is 5.00. The highest BCUT2D eigenvalue weighted by atomic mass is 16.1. The lowest BCUT2D eigenvalue weighted by Crippen LogP contribution is -2.39. The van der Waals surface area contributed by atoms with E-state index in [1.807, 2.05) is 0 Å². The van der Waals surface area contributed by atoms with Crippen LogP contribution in [0.5, 0.6) is 0 Å². The zero-order valence-electron chi connectivity index (χ0n) is 20.4. The van der Waals surface area contributed by atoms with Gasteiger partial charge in [0.2, 0.25) is 5.91 Å². The van der Waals surface area contributed by atoms with Crippen LogP contribution >= 0.6 is 0 Å². The first-order valence-corrected chi connectivity index (χ1v) is 12.8. The van der Waals surface area contributed by atoms with Crippen LogP contribution in [0.4, 0.5) is 0 Å². The van der Waals surface area contributed by atoms with Gasteiger partial charge in [-0.3, -0.25) is 4.79 Å². The number of carbonyl (C=O) groups excluding carboxylic acids is 1. The number of fused-ring (bicyclic) bond motifs is 1. The third-order valence-electron chi connectivity index (χ3n) is 7.91. The van der Waals surface area contributed by atoms with Crippen molar-refractivity contribution in [1.29, 1.82) is 0 Å². The molecule has 1 unspecified atom stereocenters. The number of amides is 1. The first-order chi connectivity index (χ1) is 16.0. The number of nitrogens with one attached hydrogen (secondary N) is 1. The summed E-state index contributed by atoms with van der Waals surface area (Å²) in [5, 5.41) is 3.32. The maximum absolute atomic E-state index is 12.1. The molecular weight excluding hydrogens is 402 g/mol. The summed E-state index contributed by atoms with van der Waals surface area (Å²) in [6, 6.07) is 21.9. The van der Waals surface area contributed by atoms with Gasteiger partial charge in [-0.1, -0.05) is 99.0 Å². The second kappa shape index (κ2) is 10.5. The van der Waals surface area contributed by atoms with Crippen molar-refractivity contribution in [2.24, 2.45) is 11.3 Å². The largest absolute Gasteiger partial charge is 0.353 e. The molecule has 0 radical (unpaired) electrons. The van der Waals surface area contributed by atoms with Gasteiger partial charge >= 0.3 is 0 Å². The SMILES string of the molecule is C=C(C[C@@]12CC[C@H](NC(C)=O)C1CC(CCCCCC)=C2c1ccccc1)c1ccccc1. The molecule has 0 spiro atoms. The molecule has 0 saturated heterocycles. The van der Waals surface area contributed by atoms with Crippen LogP contribution in [0.3, 0.4) is 0 Å². The molecule has 2 aliphatic rings. The minimum Gasteiger partial charge on any atom is -0.353 e. The molecule has 0 bridgehead atoms. The van der Waals surface area contributed by atoms with Gasteiger partial charge in [0.05, 0.1) is 0 Å². The molecular formula is C31H39NO. The molecule has 0 heterocycles. The molecule has 1 N–H and O–H groups in total. The molecule has 0 aromatic heterocycles. The van der Waals surface area contributed by atoms with Gasteiger partial charge in [-0.2, -0.15) is 0 Å². The zero-order valence-corrected chi connectivity index (χ0v) is 20.4. The van der Waals surface area contributed by atoms with Crippen molar-refractivity contribution in [2.45, 2.75) is 77.7 Å². The average molecular weight is 442 g/mol. The van der Waals surface area contributed by atoms with Gasteiger partial charge in [0.25, 0.3) is 0 Å². The Morgan fingerprint density at radius 2 is 1.73 bits per heavy atom. The molecule has 2 aromatic rings. The summed E-state index contributed by atoms with van der Waals surface area (Å²) in [6.45, 7) is 8.50. The van der Waals surface area contributed by atoms with Crippen molar-refractivity contribution < 1.29 is 4.79 Å². The first kappa shape index (κ1) is 23.5. The Balaban J connectivity index is 1.74. The lowest BCUT2D eigenvalue weighted by atomic mass is 9.68. The normalized spacial score (nSPS) is 24.1. The molecule has 1 saturated carbocycles. The molecule has 2 heteroatoms. The topological polar surface area (TPSA) is 29.1 Å². The third-order valence-corrected chi connectivity index (χ3v) is 7.91. The lowest BCUT2D eigenvalue weighted by Gasteiger charge is -2.36. The Morgan fingerprint density at radius 3 is 2.39 bits per heavy atom.